The molecule has 9 nitrogen and oxygen atoms in total. The van der Waals surface area contributed by atoms with E-state index in [-0.39, 0.29) is 12.2 Å². The van der Waals surface area contributed by atoms with Gasteiger partial charge in [-0.2, -0.15) is 0 Å². The monoisotopic (exact) mass is 600 g/mol. The molecule has 0 aliphatic carbocycles. The van der Waals surface area contributed by atoms with Gasteiger partial charge in [0.1, 0.15) is 11.9 Å². The molecule has 0 aromatic heterocycles. The lowest BCUT2D eigenvalue weighted by molar-refractivity contribution is -0.180. The second-order valence-electron chi connectivity index (χ2n) is 11.3. The molecule has 0 saturated carbocycles. The first-order valence-electron chi connectivity index (χ1n) is 14.8. The highest BCUT2D eigenvalue weighted by molar-refractivity contribution is 7.92. The first kappa shape index (κ1) is 32.0. The fraction of sp³-hybridized carbons (Fsp3) is 0.531. The number of aryl methyl sites for hydroxylation is 1. The second kappa shape index (κ2) is 15.0. The summed E-state index contributed by atoms with van der Waals surface area (Å²) in [4.78, 5) is 14.2. The third-order valence-electron chi connectivity index (χ3n) is 7.42. The SMILES string of the molecule is CNS(=O)(=O)C=Cc1cccc(CCCCOCCCCCCN2C[C@@H](c3ccc4c(c3)COC(C)(C)O4)OC2=O)c1. The van der Waals surface area contributed by atoms with Crippen LogP contribution in [0.25, 0.3) is 6.08 Å². The summed E-state index contributed by atoms with van der Waals surface area (Å²) >= 11 is 0. The number of amides is 1. The number of unbranched alkanes of at least 4 members (excludes halogenated alkanes) is 4. The van der Waals surface area contributed by atoms with Crippen molar-refractivity contribution in [1.29, 1.82) is 0 Å². The van der Waals surface area contributed by atoms with Gasteiger partial charge in [0.15, 0.2) is 0 Å². The van der Waals surface area contributed by atoms with Crippen LogP contribution in [-0.4, -0.2) is 58.5 Å². The van der Waals surface area contributed by atoms with Crippen LogP contribution >= 0.6 is 0 Å². The van der Waals surface area contributed by atoms with Gasteiger partial charge in [-0.05, 0) is 74.1 Å². The van der Waals surface area contributed by atoms with E-state index in [4.69, 9.17) is 18.9 Å². The minimum absolute atomic E-state index is 0.250. The standard InChI is InChI=1S/C32H44N2O7S/c1-32(2)39-24-28-22-27(14-15-29(28)41-32)30-23-34(31(35)40-30)17-7-4-5-8-18-38-19-9-6-11-25-12-10-13-26(21-25)16-20-42(36,37)33-3/h10,12-16,20-22,30,33H,4-9,11,17-19,23-24H2,1-3H3/t30-/m0/s1. The minimum atomic E-state index is -3.37. The molecule has 2 aromatic rings. The van der Waals surface area contributed by atoms with Crippen molar-refractivity contribution in [1.82, 2.24) is 9.62 Å². The quantitative estimate of drug-likeness (QED) is 0.238. The molecular formula is C32H44N2O7S. The van der Waals surface area contributed by atoms with Crippen LogP contribution in [0, 0.1) is 0 Å². The summed E-state index contributed by atoms with van der Waals surface area (Å²) in [6.45, 7) is 7.01. The van der Waals surface area contributed by atoms with E-state index in [1.807, 2.05) is 50.2 Å². The van der Waals surface area contributed by atoms with Crippen LogP contribution in [0.4, 0.5) is 4.79 Å². The molecule has 4 rings (SSSR count). The smallest absolute Gasteiger partial charge is 0.410 e. The summed E-state index contributed by atoms with van der Waals surface area (Å²) in [6.07, 6.45) is 8.07. The largest absolute Gasteiger partial charge is 0.463 e. The van der Waals surface area contributed by atoms with Gasteiger partial charge in [0.25, 0.3) is 0 Å². The number of nitrogens with zero attached hydrogens (tertiary/aromatic N) is 1. The lowest BCUT2D eigenvalue weighted by Crippen LogP contribution is -2.35. The van der Waals surface area contributed by atoms with Gasteiger partial charge < -0.3 is 23.8 Å². The Labute approximate surface area is 250 Å². The fourth-order valence-corrected chi connectivity index (χ4v) is 5.48. The zero-order valence-corrected chi connectivity index (χ0v) is 25.8. The van der Waals surface area contributed by atoms with Gasteiger partial charge in [-0.15, -0.1) is 0 Å². The van der Waals surface area contributed by atoms with Crippen LogP contribution in [-0.2, 0) is 37.3 Å². The van der Waals surface area contributed by atoms with Crippen molar-refractivity contribution in [3.8, 4) is 5.75 Å². The van der Waals surface area contributed by atoms with E-state index in [0.717, 1.165) is 80.6 Å². The summed E-state index contributed by atoms with van der Waals surface area (Å²) in [5.74, 6) is 0.186. The normalized spacial score (nSPS) is 18.2. The Morgan fingerprint density at radius 3 is 2.64 bits per heavy atom. The first-order chi connectivity index (χ1) is 20.1. The molecule has 2 aliphatic heterocycles. The van der Waals surface area contributed by atoms with Gasteiger partial charge >= 0.3 is 6.09 Å². The molecule has 230 valence electrons. The molecule has 1 fully saturated rings. The molecule has 10 heteroatoms. The lowest BCUT2D eigenvalue weighted by atomic mass is 10.0. The molecule has 0 unspecified atom stereocenters. The number of hydrogen-bond donors (Lipinski definition) is 1. The van der Waals surface area contributed by atoms with Crippen LogP contribution in [0.3, 0.4) is 0 Å². The maximum Gasteiger partial charge on any atom is 0.410 e. The van der Waals surface area contributed by atoms with E-state index in [1.54, 1.807) is 11.0 Å². The molecule has 2 aromatic carbocycles. The number of carbonyl (C=O) groups excluding carboxylic acids is 1. The van der Waals surface area contributed by atoms with Crippen molar-refractivity contribution < 1.29 is 32.2 Å². The maximum atomic E-state index is 12.4. The highest BCUT2D eigenvalue weighted by atomic mass is 32.2. The zero-order chi connectivity index (χ0) is 30.0. The van der Waals surface area contributed by atoms with Crippen LogP contribution in [0.15, 0.2) is 47.9 Å². The number of rotatable bonds is 16. The van der Waals surface area contributed by atoms with Crippen molar-refractivity contribution in [3.63, 3.8) is 0 Å². The summed E-state index contributed by atoms with van der Waals surface area (Å²) in [5, 5.41) is 1.18. The summed E-state index contributed by atoms with van der Waals surface area (Å²) in [6, 6.07) is 13.9. The molecule has 1 saturated heterocycles. The van der Waals surface area contributed by atoms with Crippen LogP contribution in [0.1, 0.15) is 80.7 Å². The molecule has 1 amide bonds. The van der Waals surface area contributed by atoms with E-state index >= 15 is 0 Å². The molecule has 2 aliphatic rings. The van der Waals surface area contributed by atoms with Crippen molar-refractivity contribution in [2.24, 2.45) is 0 Å². The molecule has 1 atom stereocenters. The summed E-state index contributed by atoms with van der Waals surface area (Å²) < 4.78 is 48.5. The maximum absolute atomic E-state index is 12.4. The van der Waals surface area contributed by atoms with E-state index < -0.39 is 15.8 Å². The highest BCUT2D eigenvalue weighted by Gasteiger charge is 2.33. The molecule has 0 radical (unpaired) electrons. The van der Waals surface area contributed by atoms with Gasteiger partial charge in [0, 0.05) is 44.6 Å². The number of ether oxygens (including phenoxy) is 4. The summed E-state index contributed by atoms with van der Waals surface area (Å²) in [5.41, 5.74) is 4.00. The number of fused-ring (bicyclic) bond motifs is 1. The van der Waals surface area contributed by atoms with E-state index in [0.29, 0.717) is 19.7 Å². The third-order valence-corrected chi connectivity index (χ3v) is 8.48. The van der Waals surface area contributed by atoms with Gasteiger partial charge in [0.05, 0.1) is 13.2 Å². The Bertz CT molecular complexity index is 1330. The molecule has 0 spiro atoms. The Hall–Kier alpha value is -2.92. The highest BCUT2D eigenvalue weighted by Crippen LogP contribution is 2.35. The average molecular weight is 601 g/mol. The Morgan fingerprint density at radius 1 is 1.05 bits per heavy atom. The number of sulfonamides is 1. The number of nitrogens with one attached hydrogen (secondary N) is 1. The fourth-order valence-electron chi connectivity index (χ4n) is 5.01. The molecule has 42 heavy (non-hydrogen) atoms. The van der Waals surface area contributed by atoms with Gasteiger partial charge in [-0.3, -0.25) is 0 Å². The number of hydrogen-bond acceptors (Lipinski definition) is 7. The number of cyclic esters (lactones) is 1. The van der Waals surface area contributed by atoms with Gasteiger partial charge in [-0.1, -0.05) is 43.2 Å². The Kier molecular flexibility index (Phi) is 11.4. The van der Waals surface area contributed by atoms with E-state index in [2.05, 4.69) is 10.8 Å². The van der Waals surface area contributed by atoms with Crippen molar-refractivity contribution in [2.45, 2.75) is 77.3 Å². The minimum Gasteiger partial charge on any atom is -0.463 e. The van der Waals surface area contributed by atoms with Crippen molar-refractivity contribution in [3.05, 3.63) is 70.1 Å². The first-order valence-corrected chi connectivity index (χ1v) is 16.4. The number of benzene rings is 2. The predicted molar refractivity (Wildman–Crippen MR) is 162 cm³/mol. The van der Waals surface area contributed by atoms with E-state index in [9.17, 15) is 13.2 Å². The Balaban J connectivity index is 1.03. The van der Waals surface area contributed by atoms with Gasteiger partial charge in [0.2, 0.25) is 15.8 Å². The summed E-state index contributed by atoms with van der Waals surface area (Å²) in [7, 11) is -1.97. The van der Waals surface area contributed by atoms with Crippen LogP contribution < -0.4 is 9.46 Å². The molecule has 0 bridgehead atoms. The molecule has 1 N–H and O–H groups in total. The lowest BCUT2D eigenvalue weighted by Gasteiger charge is -2.32. The van der Waals surface area contributed by atoms with E-state index in [1.165, 1.54) is 18.0 Å². The third kappa shape index (κ3) is 9.83. The van der Waals surface area contributed by atoms with Crippen LogP contribution in [0.2, 0.25) is 0 Å². The predicted octanol–water partition coefficient (Wildman–Crippen LogP) is 5.94. The molecular weight excluding hydrogens is 556 g/mol. The zero-order valence-electron chi connectivity index (χ0n) is 25.0. The van der Waals surface area contributed by atoms with Crippen molar-refractivity contribution >= 4 is 22.2 Å². The van der Waals surface area contributed by atoms with Gasteiger partial charge in [-0.25, -0.2) is 17.9 Å². The molecule has 2 heterocycles. The average Bonchev–Trinajstić information content (AvgIpc) is 3.34. The number of carbonyl (C=O) groups is 1. The topological polar surface area (TPSA) is 103 Å². The second-order valence-corrected chi connectivity index (χ2v) is 13.0. The van der Waals surface area contributed by atoms with Crippen molar-refractivity contribution in [2.75, 3.05) is 33.4 Å². The Morgan fingerprint density at radius 2 is 1.83 bits per heavy atom. The van der Waals surface area contributed by atoms with Crippen LogP contribution in [0.5, 0.6) is 5.75 Å².